The topological polar surface area (TPSA) is 139 Å². The molecule has 0 bridgehead atoms. The third kappa shape index (κ3) is 9.49. The van der Waals surface area contributed by atoms with Crippen LogP contribution in [0.15, 0.2) is 84.1 Å². The Balaban J connectivity index is 1.79. The molecular weight excluding hydrogens is 530 g/mol. The molecule has 3 rings (SSSR count). The van der Waals surface area contributed by atoms with Gasteiger partial charge < -0.3 is 20.7 Å². The van der Waals surface area contributed by atoms with Crippen LogP contribution in [0, 0.1) is 5.92 Å². The normalized spacial score (nSPS) is 13.0. The fourth-order valence-electron chi connectivity index (χ4n) is 3.79. The lowest BCUT2D eigenvalue weighted by Gasteiger charge is -2.26. The number of thioether (sulfide) groups is 1. The third-order valence-electron chi connectivity index (χ3n) is 5.73. The summed E-state index contributed by atoms with van der Waals surface area (Å²) in [6, 6.07) is 16.3. The quantitative estimate of drug-likeness (QED) is 0.164. The van der Waals surface area contributed by atoms with Gasteiger partial charge in [0.05, 0.1) is 13.3 Å². The van der Waals surface area contributed by atoms with Crippen molar-refractivity contribution in [3.63, 3.8) is 0 Å². The first-order valence-electron chi connectivity index (χ1n) is 12.8. The second kappa shape index (κ2) is 15.4. The van der Waals surface area contributed by atoms with Crippen LogP contribution in [0.4, 0.5) is 0 Å². The highest BCUT2D eigenvalue weighted by Crippen LogP contribution is 2.22. The van der Waals surface area contributed by atoms with Crippen molar-refractivity contribution in [2.45, 2.75) is 49.0 Å². The molecule has 0 fully saturated rings. The molecule has 0 aliphatic heterocycles. The lowest BCUT2D eigenvalue weighted by atomic mass is 10.0. The van der Waals surface area contributed by atoms with Crippen LogP contribution in [-0.2, 0) is 25.5 Å². The maximum Gasteiger partial charge on any atom is 0.339 e. The van der Waals surface area contributed by atoms with E-state index in [-0.39, 0.29) is 18.0 Å². The van der Waals surface area contributed by atoms with E-state index in [4.69, 9.17) is 4.74 Å². The summed E-state index contributed by atoms with van der Waals surface area (Å²) in [5, 5.41) is 7.19. The van der Waals surface area contributed by atoms with Gasteiger partial charge in [-0.2, -0.15) is 0 Å². The number of carbonyl (C=O) groups is 4. The fraction of sp³-hybridized carbons (Fsp3) is 0.310. The van der Waals surface area contributed by atoms with E-state index in [1.807, 2.05) is 74.5 Å². The van der Waals surface area contributed by atoms with Gasteiger partial charge in [0.15, 0.2) is 5.37 Å². The standard InChI is InChI=1S/C29H33N5O5S/c1-19(2)16-22(26(36)34-28(29(38)39-3)40-21-12-8-5-9-13-21)32-25(35)23(17-20-10-6-4-7-11-20)33-27(37)24-18-30-14-15-31-24/h4-15,18-19,22-23,28H,16-17H2,1-3H3,(H,32,35)(H,33,37)(H,34,36)/t22-,23-,28?/m0/s1. The minimum absolute atomic E-state index is 0.0381. The summed E-state index contributed by atoms with van der Waals surface area (Å²) in [6.07, 6.45) is 4.62. The Morgan fingerprint density at radius 2 is 1.50 bits per heavy atom. The molecule has 3 atom stereocenters. The van der Waals surface area contributed by atoms with Gasteiger partial charge in [-0.1, -0.05) is 74.1 Å². The first-order valence-corrected chi connectivity index (χ1v) is 13.7. The summed E-state index contributed by atoms with van der Waals surface area (Å²) in [5.74, 6) is -2.25. The maximum absolute atomic E-state index is 13.5. The van der Waals surface area contributed by atoms with Crippen molar-refractivity contribution in [3.05, 3.63) is 90.5 Å². The molecule has 1 unspecified atom stereocenters. The molecule has 210 valence electrons. The Kier molecular flexibility index (Phi) is 11.6. The molecule has 1 heterocycles. The fourth-order valence-corrected chi connectivity index (χ4v) is 4.75. The molecular formula is C29H33N5O5S. The summed E-state index contributed by atoms with van der Waals surface area (Å²) in [5.41, 5.74) is 0.876. The molecule has 0 saturated heterocycles. The summed E-state index contributed by atoms with van der Waals surface area (Å²) >= 11 is 1.13. The van der Waals surface area contributed by atoms with Crippen LogP contribution < -0.4 is 16.0 Å². The van der Waals surface area contributed by atoms with Gasteiger partial charge in [-0.25, -0.2) is 9.78 Å². The van der Waals surface area contributed by atoms with Gasteiger partial charge in [0.1, 0.15) is 17.8 Å². The van der Waals surface area contributed by atoms with E-state index in [2.05, 4.69) is 25.9 Å². The summed E-state index contributed by atoms with van der Waals surface area (Å²) < 4.78 is 4.90. The molecule has 3 aromatic rings. The smallest absolute Gasteiger partial charge is 0.339 e. The Hall–Kier alpha value is -4.25. The zero-order valence-corrected chi connectivity index (χ0v) is 23.4. The van der Waals surface area contributed by atoms with E-state index < -0.39 is 41.1 Å². The van der Waals surface area contributed by atoms with Gasteiger partial charge in [-0.15, -0.1) is 0 Å². The number of nitrogens with one attached hydrogen (secondary N) is 3. The highest BCUT2D eigenvalue weighted by molar-refractivity contribution is 8.00. The average Bonchev–Trinajstić information content (AvgIpc) is 2.96. The number of carbonyl (C=O) groups excluding carboxylic acids is 4. The van der Waals surface area contributed by atoms with Crippen LogP contribution in [0.1, 0.15) is 36.3 Å². The Morgan fingerprint density at radius 1 is 0.850 bits per heavy atom. The van der Waals surface area contributed by atoms with Crippen molar-refractivity contribution in [1.82, 2.24) is 25.9 Å². The molecule has 0 radical (unpaired) electrons. The minimum atomic E-state index is -1.03. The van der Waals surface area contributed by atoms with Crippen LogP contribution in [-0.4, -0.2) is 58.2 Å². The average molecular weight is 564 g/mol. The number of rotatable bonds is 13. The van der Waals surface area contributed by atoms with E-state index in [0.29, 0.717) is 6.42 Å². The lowest BCUT2D eigenvalue weighted by Crippen LogP contribution is -2.56. The van der Waals surface area contributed by atoms with Crippen LogP contribution in [0.2, 0.25) is 0 Å². The summed E-state index contributed by atoms with van der Waals surface area (Å²) in [4.78, 5) is 60.9. The number of hydrogen-bond acceptors (Lipinski definition) is 8. The van der Waals surface area contributed by atoms with Gasteiger partial charge in [0, 0.05) is 23.7 Å². The van der Waals surface area contributed by atoms with Crippen molar-refractivity contribution in [1.29, 1.82) is 0 Å². The number of benzene rings is 2. The molecule has 1 aromatic heterocycles. The second-order valence-electron chi connectivity index (χ2n) is 9.34. The molecule has 0 saturated carbocycles. The summed E-state index contributed by atoms with van der Waals surface area (Å²) in [7, 11) is 1.24. The molecule has 10 nitrogen and oxygen atoms in total. The van der Waals surface area contributed by atoms with E-state index in [1.165, 1.54) is 25.7 Å². The van der Waals surface area contributed by atoms with Gasteiger partial charge >= 0.3 is 5.97 Å². The number of amides is 3. The van der Waals surface area contributed by atoms with E-state index in [1.54, 1.807) is 0 Å². The molecule has 11 heteroatoms. The first-order chi connectivity index (χ1) is 19.3. The predicted molar refractivity (Wildman–Crippen MR) is 151 cm³/mol. The van der Waals surface area contributed by atoms with Crippen LogP contribution in [0.3, 0.4) is 0 Å². The number of aromatic nitrogens is 2. The maximum atomic E-state index is 13.5. The Morgan fingerprint density at radius 3 is 2.10 bits per heavy atom. The number of methoxy groups -OCH3 is 1. The zero-order chi connectivity index (χ0) is 28.9. The van der Waals surface area contributed by atoms with Crippen molar-refractivity contribution in [3.8, 4) is 0 Å². The van der Waals surface area contributed by atoms with E-state index in [0.717, 1.165) is 22.2 Å². The van der Waals surface area contributed by atoms with Crippen molar-refractivity contribution >= 4 is 35.5 Å². The zero-order valence-electron chi connectivity index (χ0n) is 22.6. The monoisotopic (exact) mass is 563 g/mol. The number of nitrogens with zero attached hydrogens (tertiary/aromatic N) is 2. The third-order valence-corrected chi connectivity index (χ3v) is 6.82. The highest BCUT2D eigenvalue weighted by Gasteiger charge is 2.31. The molecule has 3 amide bonds. The number of ether oxygens (including phenoxy) is 1. The molecule has 40 heavy (non-hydrogen) atoms. The minimum Gasteiger partial charge on any atom is -0.467 e. The molecule has 0 aliphatic carbocycles. The van der Waals surface area contributed by atoms with E-state index in [9.17, 15) is 19.2 Å². The number of hydrogen-bond donors (Lipinski definition) is 3. The van der Waals surface area contributed by atoms with Gasteiger partial charge in [-0.05, 0) is 30.0 Å². The van der Waals surface area contributed by atoms with Crippen molar-refractivity contribution < 1.29 is 23.9 Å². The van der Waals surface area contributed by atoms with Gasteiger partial charge in [0.25, 0.3) is 5.91 Å². The highest BCUT2D eigenvalue weighted by atomic mass is 32.2. The predicted octanol–water partition coefficient (Wildman–Crippen LogP) is 2.76. The molecule has 3 N–H and O–H groups in total. The lowest BCUT2D eigenvalue weighted by molar-refractivity contribution is -0.142. The largest absolute Gasteiger partial charge is 0.467 e. The second-order valence-corrected chi connectivity index (χ2v) is 10.5. The molecule has 2 aromatic carbocycles. The SMILES string of the molecule is COC(=O)C(NC(=O)[C@H](CC(C)C)NC(=O)[C@H](Cc1ccccc1)NC(=O)c1cnccn1)Sc1ccccc1. The summed E-state index contributed by atoms with van der Waals surface area (Å²) in [6.45, 7) is 3.83. The van der Waals surface area contributed by atoms with Crippen LogP contribution in [0.5, 0.6) is 0 Å². The first kappa shape index (κ1) is 30.3. The Labute approximate surface area is 237 Å². The Bertz CT molecular complexity index is 1260. The van der Waals surface area contributed by atoms with Crippen molar-refractivity contribution in [2.24, 2.45) is 5.92 Å². The van der Waals surface area contributed by atoms with E-state index >= 15 is 0 Å². The number of esters is 1. The van der Waals surface area contributed by atoms with Crippen molar-refractivity contribution in [2.75, 3.05) is 7.11 Å². The van der Waals surface area contributed by atoms with Gasteiger partial charge in [0.2, 0.25) is 11.8 Å². The van der Waals surface area contributed by atoms with Crippen LogP contribution >= 0.6 is 11.8 Å². The van der Waals surface area contributed by atoms with Crippen LogP contribution in [0.25, 0.3) is 0 Å². The van der Waals surface area contributed by atoms with Gasteiger partial charge in [-0.3, -0.25) is 19.4 Å². The molecule has 0 aliphatic rings. The molecule has 0 spiro atoms.